The van der Waals surface area contributed by atoms with Crippen molar-refractivity contribution in [1.82, 2.24) is 14.8 Å². The molecule has 2 aromatic heterocycles. The molecule has 0 amide bonds. The van der Waals surface area contributed by atoms with E-state index in [0.717, 1.165) is 50.9 Å². The zero-order valence-corrected chi connectivity index (χ0v) is 19.9. The second-order valence-corrected chi connectivity index (χ2v) is 8.43. The van der Waals surface area contributed by atoms with E-state index in [4.69, 9.17) is 42.8 Å². The molecule has 0 aliphatic rings. The molecule has 3 aromatic carbocycles. The molecule has 7 heteroatoms. The number of benzene rings is 3. The van der Waals surface area contributed by atoms with E-state index in [-0.39, 0.29) is 0 Å². The zero-order chi connectivity index (χ0) is 23.1. The van der Waals surface area contributed by atoms with E-state index in [9.17, 15) is 0 Å². The number of para-hydroxylation sites is 1. The number of methoxy groups -OCH3 is 2. The molecule has 0 aliphatic carbocycles. The largest absolute Gasteiger partial charge is 0.493 e. The molecule has 5 nitrogen and oxygen atoms in total. The van der Waals surface area contributed by atoms with Crippen molar-refractivity contribution in [3.8, 4) is 28.4 Å². The Labute approximate surface area is 201 Å². The van der Waals surface area contributed by atoms with E-state index in [1.165, 1.54) is 0 Å². The number of fused-ring (bicyclic) bond motifs is 3. The van der Waals surface area contributed by atoms with Crippen molar-refractivity contribution in [3.05, 3.63) is 76.4 Å². The Bertz CT molecular complexity index is 1500. The van der Waals surface area contributed by atoms with Crippen LogP contribution < -0.4 is 9.47 Å². The molecule has 0 saturated heterocycles. The van der Waals surface area contributed by atoms with E-state index in [1.54, 1.807) is 20.3 Å². The first-order valence-electron chi connectivity index (χ1n) is 10.5. The van der Waals surface area contributed by atoms with Crippen molar-refractivity contribution in [3.63, 3.8) is 0 Å². The van der Waals surface area contributed by atoms with Crippen molar-refractivity contribution in [2.75, 3.05) is 14.2 Å². The third kappa shape index (κ3) is 3.58. The van der Waals surface area contributed by atoms with Crippen LogP contribution >= 0.6 is 23.2 Å². The third-order valence-electron chi connectivity index (χ3n) is 5.72. The fraction of sp³-hybridized carbons (Fsp3) is 0.154. The number of aryl methyl sites for hydroxylation is 1. The van der Waals surface area contributed by atoms with Gasteiger partial charge in [-0.15, -0.1) is 0 Å². The molecule has 5 rings (SSSR count). The van der Waals surface area contributed by atoms with Gasteiger partial charge < -0.3 is 9.47 Å². The number of rotatable bonds is 5. The highest BCUT2D eigenvalue weighted by Crippen LogP contribution is 2.42. The molecule has 0 bridgehead atoms. The highest BCUT2D eigenvalue weighted by Gasteiger charge is 2.22. The quantitative estimate of drug-likeness (QED) is 0.270. The molecule has 0 spiro atoms. The molecule has 166 valence electrons. The smallest absolute Gasteiger partial charge is 0.164 e. The summed E-state index contributed by atoms with van der Waals surface area (Å²) in [5.74, 6) is 1.26. The Balaban J connectivity index is 1.98. The highest BCUT2D eigenvalue weighted by molar-refractivity contribution is 6.36. The molecular formula is C26H21Cl2N3O2. The summed E-state index contributed by atoms with van der Waals surface area (Å²) in [4.78, 5) is 5.12. The van der Waals surface area contributed by atoms with Crippen LogP contribution in [0, 0.1) is 0 Å². The Kier molecular flexibility index (Phi) is 5.60. The molecule has 0 atom stereocenters. The number of ether oxygens (including phenoxy) is 2. The number of aromatic nitrogens is 3. The zero-order valence-electron chi connectivity index (χ0n) is 18.4. The summed E-state index contributed by atoms with van der Waals surface area (Å²) in [5.41, 5.74) is 4.13. The topological polar surface area (TPSA) is 49.2 Å². The van der Waals surface area contributed by atoms with Crippen molar-refractivity contribution in [2.45, 2.75) is 13.3 Å². The van der Waals surface area contributed by atoms with Gasteiger partial charge in [-0.2, -0.15) is 5.10 Å². The molecule has 0 fully saturated rings. The molecule has 0 radical (unpaired) electrons. The average molecular weight is 478 g/mol. The maximum atomic E-state index is 6.63. The first kappa shape index (κ1) is 21.6. The number of hydrogen-bond donors (Lipinski definition) is 0. The van der Waals surface area contributed by atoms with Gasteiger partial charge in [0.25, 0.3) is 0 Å². The maximum absolute atomic E-state index is 6.63. The SMILES string of the molecule is CCc1nn(-c2ccccc2)c2nc(-c3ccc(Cl)cc3Cl)c3cc(OC)c(OC)cc3c12. The van der Waals surface area contributed by atoms with E-state index in [0.29, 0.717) is 21.5 Å². The Morgan fingerprint density at radius 3 is 2.21 bits per heavy atom. The summed E-state index contributed by atoms with van der Waals surface area (Å²) in [6.45, 7) is 2.09. The van der Waals surface area contributed by atoms with Crippen LogP contribution in [0.4, 0.5) is 0 Å². The standard InChI is InChI=1S/C26H21Cl2N3O2/c1-4-21-24-18-13-22(32-2)23(33-3)14-19(18)25(17-11-10-15(27)12-20(17)28)29-26(24)31(30-21)16-8-6-5-7-9-16/h5-14H,4H2,1-3H3. The fourth-order valence-electron chi connectivity index (χ4n) is 4.16. The fourth-order valence-corrected chi connectivity index (χ4v) is 4.66. The van der Waals surface area contributed by atoms with E-state index in [2.05, 4.69) is 6.92 Å². The molecule has 0 saturated carbocycles. The lowest BCUT2D eigenvalue weighted by molar-refractivity contribution is 0.356. The third-order valence-corrected chi connectivity index (χ3v) is 6.27. The van der Waals surface area contributed by atoms with Gasteiger partial charge in [-0.3, -0.25) is 0 Å². The minimum atomic E-state index is 0.520. The summed E-state index contributed by atoms with van der Waals surface area (Å²) in [7, 11) is 3.25. The Morgan fingerprint density at radius 1 is 0.879 bits per heavy atom. The van der Waals surface area contributed by atoms with Crippen molar-refractivity contribution in [1.29, 1.82) is 0 Å². The molecular weight excluding hydrogens is 457 g/mol. The van der Waals surface area contributed by atoms with E-state index < -0.39 is 0 Å². The van der Waals surface area contributed by atoms with Crippen LogP contribution in [0.3, 0.4) is 0 Å². The van der Waals surface area contributed by atoms with Crippen LogP contribution in [0.2, 0.25) is 10.0 Å². The Hall–Kier alpha value is -3.28. The summed E-state index contributed by atoms with van der Waals surface area (Å²) in [6, 6.07) is 19.3. The predicted octanol–water partition coefficient (Wildman–Crippen LogP) is 7.13. The summed E-state index contributed by atoms with van der Waals surface area (Å²) >= 11 is 12.8. The Morgan fingerprint density at radius 2 is 1.58 bits per heavy atom. The first-order valence-corrected chi connectivity index (χ1v) is 11.3. The van der Waals surface area contributed by atoms with Gasteiger partial charge in [-0.25, -0.2) is 9.67 Å². The van der Waals surface area contributed by atoms with Gasteiger partial charge in [-0.05, 0) is 48.9 Å². The number of halogens is 2. The van der Waals surface area contributed by atoms with E-state index >= 15 is 0 Å². The van der Waals surface area contributed by atoms with Gasteiger partial charge in [0.2, 0.25) is 0 Å². The van der Waals surface area contributed by atoms with Crippen LogP contribution in [0.25, 0.3) is 38.8 Å². The summed E-state index contributed by atoms with van der Waals surface area (Å²) < 4.78 is 13.1. The summed E-state index contributed by atoms with van der Waals surface area (Å²) in [6.07, 6.45) is 0.752. The second kappa shape index (κ2) is 8.58. The number of hydrogen-bond acceptors (Lipinski definition) is 4. The first-order chi connectivity index (χ1) is 16.0. The van der Waals surface area contributed by atoms with Gasteiger partial charge >= 0.3 is 0 Å². The molecule has 0 unspecified atom stereocenters. The van der Waals surface area contributed by atoms with Gasteiger partial charge in [0.15, 0.2) is 17.1 Å². The van der Waals surface area contributed by atoms with Gasteiger partial charge in [0.05, 0.1) is 41.7 Å². The monoisotopic (exact) mass is 477 g/mol. The van der Waals surface area contributed by atoms with Crippen LogP contribution in [0.1, 0.15) is 12.6 Å². The van der Waals surface area contributed by atoms with Crippen molar-refractivity contribution in [2.24, 2.45) is 0 Å². The van der Waals surface area contributed by atoms with Crippen LogP contribution in [0.15, 0.2) is 60.7 Å². The predicted molar refractivity (Wildman–Crippen MR) is 134 cm³/mol. The van der Waals surface area contributed by atoms with Crippen LogP contribution in [-0.4, -0.2) is 29.0 Å². The highest BCUT2D eigenvalue weighted by atomic mass is 35.5. The molecule has 5 aromatic rings. The average Bonchev–Trinajstić information content (AvgIpc) is 3.22. The second-order valence-electron chi connectivity index (χ2n) is 7.58. The minimum absolute atomic E-state index is 0.520. The molecule has 0 aliphatic heterocycles. The lowest BCUT2D eigenvalue weighted by Crippen LogP contribution is -1.99. The lowest BCUT2D eigenvalue weighted by atomic mass is 9.99. The summed E-state index contributed by atoms with van der Waals surface area (Å²) in [5, 5.41) is 8.85. The van der Waals surface area contributed by atoms with Crippen LogP contribution in [0.5, 0.6) is 11.5 Å². The van der Waals surface area contributed by atoms with Crippen molar-refractivity contribution < 1.29 is 9.47 Å². The molecule has 2 heterocycles. The number of nitrogens with zero attached hydrogens (tertiary/aromatic N) is 3. The normalized spacial score (nSPS) is 11.3. The number of pyridine rings is 1. The van der Waals surface area contributed by atoms with Crippen LogP contribution in [-0.2, 0) is 6.42 Å². The maximum Gasteiger partial charge on any atom is 0.164 e. The van der Waals surface area contributed by atoms with Gasteiger partial charge in [-0.1, -0.05) is 48.3 Å². The molecule has 33 heavy (non-hydrogen) atoms. The lowest BCUT2D eigenvalue weighted by Gasteiger charge is -2.14. The molecule has 0 N–H and O–H groups in total. The van der Waals surface area contributed by atoms with Crippen molar-refractivity contribution >= 4 is 45.0 Å². The minimum Gasteiger partial charge on any atom is -0.493 e. The van der Waals surface area contributed by atoms with Gasteiger partial charge in [0.1, 0.15) is 0 Å². The van der Waals surface area contributed by atoms with Gasteiger partial charge in [0, 0.05) is 21.4 Å². The van der Waals surface area contributed by atoms with E-state index in [1.807, 2.05) is 59.3 Å².